The highest BCUT2D eigenvalue weighted by Gasteiger charge is 2.35. The summed E-state index contributed by atoms with van der Waals surface area (Å²) in [6, 6.07) is 7.00. The molecule has 0 unspecified atom stereocenters. The van der Waals surface area contributed by atoms with E-state index in [-0.39, 0.29) is 16.9 Å². The largest absolute Gasteiger partial charge is 0.465 e. The lowest BCUT2D eigenvalue weighted by molar-refractivity contribution is -0.385. The van der Waals surface area contributed by atoms with Gasteiger partial charge >= 0.3 is 5.97 Å². The summed E-state index contributed by atoms with van der Waals surface area (Å²) >= 11 is 3.03. The first-order chi connectivity index (χ1) is 14.2. The van der Waals surface area contributed by atoms with Crippen molar-refractivity contribution in [1.82, 2.24) is 0 Å². The van der Waals surface area contributed by atoms with Crippen molar-refractivity contribution >= 4 is 46.4 Å². The maximum atomic E-state index is 12.5. The van der Waals surface area contributed by atoms with E-state index >= 15 is 0 Å². The summed E-state index contributed by atoms with van der Waals surface area (Å²) in [5, 5.41) is 22.9. The van der Waals surface area contributed by atoms with Crippen molar-refractivity contribution in [3.05, 3.63) is 81.3 Å². The van der Waals surface area contributed by atoms with E-state index in [9.17, 15) is 25.0 Å². The van der Waals surface area contributed by atoms with Crippen LogP contribution in [0.4, 0.5) is 11.4 Å². The van der Waals surface area contributed by atoms with E-state index in [1.807, 2.05) is 13.8 Å². The van der Waals surface area contributed by atoms with Crippen molar-refractivity contribution in [2.75, 3.05) is 7.11 Å². The van der Waals surface area contributed by atoms with Gasteiger partial charge in [0.05, 0.1) is 26.8 Å². The maximum Gasteiger partial charge on any atom is 0.338 e. The quantitative estimate of drug-likeness (QED) is 0.288. The molecule has 2 aromatic carbocycles. The van der Waals surface area contributed by atoms with Gasteiger partial charge in [-0.3, -0.25) is 20.2 Å². The fraction of sp³-hybridized carbons (Fsp3) is 0.150. The lowest BCUT2D eigenvalue weighted by Crippen LogP contribution is -2.05. The van der Waals surface area contributed by atoms with Crippen molar-refractivity contribution in [3.8, 4) is 11.1 Å². The molecular formula is C20H14N2O6S2. The summed E-state index contributed by atoms with van der Waals surface area (Å²) in [6.07, 6.45) is 0. The molecule has 0 saturated heterocycles. The zero-order valence-electron chi connectivity index (χ0n) is 16.0. The molecule has 1 heterocycles. The van der Waals surface area contributed by atoms with Crippen LogP contribution in [0.3, 0.4) is 0 Å². The Bertz CT molecular complexity index is 1220. The van der Waals surface area contributed by atoms with Crippen molar-refractivity contribution in [3.63, 3.8) is 0 Å². The second-order valence-corrected chi connectivity index (χ2v) is 9.34. The summed E-state index contributed by atoms with van der Waals surface area (Å²) in [4.78, 5) is 36.5. The number of methoxy groups -OCH3 is 1. The van der Waals surface area contributed by atoms with E-state index in [1.165, 1.54) is 54.9 Å². The third-order valence-corrected chi connectivity index (χ3v) is 7.59. The molecule has 0 fully saturated rings. The van der Waals surface area contributed by atoms with E-state index in [1.54, 1.807) is 6.07 Å². The van der Waals surface area contributed by atoms with Crippen LogP contribution in [-0.2, 0) is 4.74 Å². The molecule has 0 aromatic heterocycles. The number of nitro benzene ring substituents is 2. The number of hydrogen-bond acceptors (Lipinski definition) is 8. The highest BCUT2D eigenvalue weighted by Crippen LogP contribution is 2.58. The van der Waals surface area contributed by atoms with Gasteiger partial charge in [-0.25, -0.2) is 4.79 Å². The van der Waals surface area contributed by atoms with Crippen LogP contribution >= 0.6 is 23.5 Å². The number of carbonyl (C=O) groups is 1. The van der Waals surface area contributed by atoms with Gasteiger partial charge in [-0.2, -0.15) is 0 Å². The second-order valence-electron chi connectivity index (χ2n) is 6.63. The molecule has 0 bridgehead atoms. The first-order valence-corrected chi connectivity index (χ1v) is 10.3. The minimum atomic E-state index is -0.706. The number of allylic oxidation sites excluding steroid dienone is 2. The number of esters is 1. The molecule has 2 aliphatic rings. The van der Waals surface area contributed by atoms with Gasteiger partial charge in [-0.1, -0.05) is 23.5 Å². The predicted octanol–water partition coefficient (Wildman–Crippen LogP) is 5.72. The first kappa shape index (κ1) is 20.2. The fourth-order valence-electron chi connectivity index (χ4n) is 3.47. The average Bonchev–Trinajstić information content (AvgIpc) is 3.22. The molecule has 8 nitrogen and oxygen atoms in total. The third kappa shape index (κ3) is 3.08. The van der Waals surface area contributed by atoms with E-state index < -0.39 is 15.8 Å². The molecule has 0 radical (unpaired) electrons. The molecule has 0 amide bonds. The highest BCUT2D eigenvalue weighted by molar-refractivity contribution is 8.28. The Morgan fingerprint density at radius 3 is 2.07 bits per heavy atom. The number of nitro groups is 2. The molecule has 10 heteroatoms. The normalized spacial score (nSPS) is 14.6. The Morgan fingerprint density at radius 1 is 0.900 bits per heavy atom. The molecule has 30 heavy (non-hydrogen) atoms. The summed E-state index contributed by atoms with van der Waals surface area (Å²) in [6.45, 7) is 3.94. The van der Waals surface area contributed by atoms with E-state index in [0.29, 0.717) is 27.8 Å². The van der Waals surface area contributed by atoms with Gasteiger partial charge in [0.25, 0.3) is 11.4 Å². The van der Waals surface area contributed by atoms with Crippen LogP contribution in [-0.4, -0.2) is 22.9 Å². The number of rotatable bonds is 3. The molecule has 0 saturated carbocycles. The second kappa shape index (κ2) is 7.29. The van der Waals surface area contributed by atoms with Gasteiger partial charge in [-0.05, 0) is 46.4 Å². The highest BCUT2D eigenvalue weighted by atomic mass is 32.2. The van der Waals surface area contributed by atoms with Crippen molar-refractivity contribution in [2.45, 2.75) is 13.8 Å². The van der Waals surface area contributed by atoms with Gasteiger partial charge in [0, 0.05) is 35.4 Å². The van der Waals surface area contributed by atoms with Crippen LogP contribution in [0.2, 0.25) is 0 Å². The van der Waals surface area contributed by atoms with Crippen LogP contribution in [0.25, 0.3) is 16.7 Å². The molecule has 1 aliphatic heterocycles. The Morgan fingerprint density at radius 2 is 1.50 bits per heavy atom. The van der Waals surface area contributed by atoms with Gasteiger partial charge in [0.2, 0.25) is 0 Å². The van der Waals surface area contributed by atoms with E-state index in [0.717, 1.165) is 14.0 Å². The van der Waals surface area contributed by atoms with Crippen molar-refractivity contribution in [1.29, 1.82) is 0 Å². The third-order valence-electron chi connectivity index (χ3n) is 4.95. The number of benzene rings is 2. The van der Waals surface area contributed by atoms with E-state index in [2.05, 4.69) is 0 Å². The zero-order chi connectivity index (χ0) is 21.7. The number of nitrogens with zero attached hydrogens (tertiary/aromatic N) is 2. The van der Waals surface area contributed by atoms with Crippen LogP contribution < -0.4 is 0 Å². The van der Waals surface area contributed by atoms with Gasteiger partial charge < -0.3 is 4.74 Å². The Labute approximate surface area is 179 Å². The smallest absolute Gasteiger partial charge is 0.338 e. The summed E-state index contributed by atoms with van der Waals surface area (Å²) in [5.41, 5.74) is 2.54. The number of carbonyl (C=O) groups excluding carboxylic acids is 1. The topological polar surface area (TPSA) is 113 Å². The molecule has 0 spiro atoms. The Kier molecular flexibility index (Phi) is 4.91. The number of hydrogen-bond donors (Lipinski definition) is 0. The molecule has 0 atom stereocenters. The zero-order valence-corrected chi connectivity index (χ0v) is 17.7. The molecule has 1 aliphatic carbocycles. The monoisotopic (exact) mass is 442 g/mol. The Balaban J connectivity index is 2.10. The summed E-state index contributed by atoms with van der Waals surface area (Å²) in [5.74, 6) is -0.706. The molecule has 0 N–H and O–H groups in total. The molecule has 4 rings (SSSR count). The fourth-order valence-corrected chi connectivity index (χ4v) is 6.13. The Hall–Kier alpha value is -3.11. The standard InChI is InChI=1S/C20H14N2O6S2/c1-9-10(2)30-20(29-9)18-14-6-11(21(24)25)4-5-13(14)17-15(18)7-12(22(26)27)8-16(17)19(23)28-3/h4-8H,1-3H3. The lowest BCUT2D eigenvalue weighted by atomic mass is 9.98. The maximum absolute atomic E-state index is 12.5. The van der Waals surface area contributed by atoms with Gasteiger partial charge in [-0.15, -0.1) is 0 Å². The minimum Gasteiger partial charge on any atom is -0.465 e. The summed E-state index contributed by atoms with van der Waals surface area (Å²) < 4.78 is 5.73. The van der Waals surface area contributed by atoms with Crippen molar-refractivity contribution < 1.29 is 19.4 Å². The number of non-ortho nitro benzene ring substituents is 2. The van der Waals surface area contributed by atoms with Crippen LogP contribution in [0.1, 0.15) is 35.3 Å². The summed E-state index contributed by atoms with van der Waals surface area (Å²) in [7, 11) is 1.21. The average molecular weight is 442 g/mol. The molecular weight excluding hydrogens is 428 g/mol. The predicted molar refractivity (Wildman–Crippen MR) is 116 cm³/mol. The van der Waals surface area contributed by atoms with Crippen molar-refractivity contribution in [2.24, 2.45) is 0 Å². The first-order valence-electron chi connectivity index (χ1n) is 8.70. The molecule has 2 aromatic rings. The number of thioether (sulfide) groups is 2. The van der Waals surface area contributed by atoms with Gasteiger partial charge in [0.15, 0.2) is 0 Å². The number of ether oxygens (including phenoxy) is 1. The minimum absolute atomic E-state index is 0.0572. The molecule has 152 valence electrons. The van der Waals surface area contributed by atoms with Crippen LogP contribution in [0.5, 0.6) is 0 Å². The van der Waals surface area contributed by atoms with Gasteiger partial charge in [0.1, 0.15) is 0 Å². The van der Waals surface area contributed by atoms with Crippen LogP contribution in [0, 0.1) is 20.2 Å². The lowest BCUT2D eigenvalue weighted by Gasteiger charge is -2.09. The number of fused-ring (bicyclic) bond motifs is 3. The van der Waals surface area contributed by atoms with Crippen LogP contribution in [0.15, 0.2) is 44.4 Å². The SMILES string of the molecule is COC(=O)c1cc([N+](=O)[O-])cc2c1-c1ccc([N+](=O)[O-])cc1C2=C1SC(C)=C(C)S1. The van der Waals surface area contributed by atoms with E-state index in [4.69, 9.17) is 4.74 Å².